The summed E-state index contributed by atoms with van der Waals surface area (Å²) in [4.78, 5) is 12.6. The van der Waals surface area contributed by atoms with Crippen LogP contribution < -0.4 is 14.9 Å². The summed E-state index contributed by atoms with van der Waals surface area (Å²) in [5.41, 5.74) is 7.05. The Kier molecular flexibility index (Phi) is 6.66. The Balaban J connectivity index is 1.62. The van der Waals surface area contributed by atoms with Gasteiger partial charge in [-0.2, -0.15) is 5.10 Å². The highest BCUT2D eigenvalue weighted by Gasteiger charge is 2.14. The minimum absolute atomic E-state index is 0.360. The average molecular weight is 462 g/mol. The number of amides is 1. The molecule has 0 unspecified atom stereocenters. The largest absolute Gasteiger partial charge is 0.497 e. The molecule has 1 amide bonds. The fraction of sp³-hybridized carbons (Fsp3) is 0.154. The lowest BCUT2D eigenvalue weighted by Gasteiger charge is -2.10. The first-order valence-corrected chi connectivity index (χ1v) is 10.8. The smallest absolute Gasteiger partial charge is 0.271 e. The van der Waals surface area contributed by atoms with Gasteiger partial charge in [0.15, 0.2) is 0 Å². The monoisotopic (exact) mass is 461 g/mol. The minimum Gasteiger partial charge on any atom is -0.497 e. The number of methoxy groups -OCH3 is 2. The molecule has 168 valence electrons. The van der Waals surface area contributed by atoms with E-state index in [0.29, 0.717) is 23.6 Å². The van der Waals surface area contributed by atoms with Gasteiger partial charge in [0.2, 0.25) is 0 Å². The first-order chi connectivity index (χ1) is 16.0. The Hall–Kier alpha value is -3.77. The number of benzene rings is 3. The normalized spacial score (nSPS) is 11.2. The Morgan fingerprint density at radius 2 is 1.70 bits per heavy atom. The third-order valence-electron chi connectivity index (χ3n) is 5.54. The average Bonchev–Trinajstić information content (AvgIpc) is 3.11. The lowest BCUT2D eigenvalue weighted by atomic mass is 10.1. The van der Waals surface area contributed by atoms with Gasteiger partial charge >= 0.3 is 0 Å². The highest BCUT2D eigenvalue weighted by molar-refractivity contribution is 6.31. The summed E-state index contributed by atoms with van der Waals surface area (Å²) in [6.07, 6.45) is 1.68. The van der Waals surface area contributed by atoms with Crippen molar-refractivity contribution in [2.24, 2.45) is 5.10 Å². The van der Waals surface area contributed by atoms with Gasteiger partial charge < -0.3 is 14.0 Å². The molecule has 1 heterocycles. The summed E-state index contributed by atoms with van der Waals surface area (Å²) < 4.78 is 12.7. The molecule has 0 atom stereocenters. The van der Waals surface area contributed by atoms with Crippen LogP contribution in [0.2, 0.25) is 5.02 Å². The zero-order valence-corrected chi connectivity index (χ0v) is 19.4. The maximum Gasteiger partial charge on any atom is 0.271 e. The second-order valence-corrected chi connectivity index (χ2v) is 7.90. The van der Waals surface area contributed by atoms with Crippen molar-refractivity contribution >= 4 is 34.6 Å². The number of para-hydroxylation sites is 1. The summed E-state index contributed by atoms with van der Waals surface area (Å²) in [5.74, 6) is 0.699. The molecule has 33 heavy (non-hydrogen) atoms. The number of nitrogens with zero attached hydrogens (tertiary/aromatic N) is 2. The molecule has 1 N–H and O–H groups in total. The Morgan fingerprint density at radius 1 is 1.03 bits per heavy atom. The molecular formula is C26H24ClN3O3. The molecule has 0 saturated carbocycles. The molecular weight excluding hydrogens is 438 g/mol. The van der Waals surface area contributed by atoms with E-state index in [9.17, 15) is 4.79 Å². The number of hydrogen-bond donors (Lipinski definition) is 1. The highest BCUT2D eigenvalue weighted by atomic mass is 35.5. The number of hydrogen-bond acceptors (Lipinski definition) is 4. The van der Waals surface area contributed by atoms with Crippen LogP contribution >= 0.6 is 11.6 Å². The molecule has 0 radical (unpaired) electrons. The zero-order valence-electron chi connectivity index (χ0n) is 18.6. The number of halogens is 1. The summed E-state index contributed by atoms with van der Waals surface area (Å²) in [5, 5.41) is 6.00. The van der Waals surface area contributed by atoms with E-state index in [2.05, 4.69) is 21.2 Å². The summed E-state index contributed by atoms with van der Waals surface area (Å²) in [6.45, 7) is 2.67. The van der Waals surface area contributed by atoms with Gasteiger partial charge in [-0.15, -0.1) is 0 Å². The summed E-state index contributed by atoms with van der Waals surface area (Å²) in [7, 11) is 3.07. The van der Waals surface area contributed by atoms with Crippen molar-refractivity contribution in [1.82, 2.24) is 9.99 Å². The van der Waals surface area contributed by atoms with Crippen LogP contribution in [0.5, 0.6) is 11.5 Å². The van der Waals surface area contributed by atoms with Crippen molar-refractivity contribution in [1.29, 1.82) is 0 Å². The van der Waals surface area contributed by atoms with Crippen LogP contribution in [0.1, 0.15) is 27.2 Å². The molecule has 4 aromatic rings. The molecule has 0 aliphatic carbocycles. The van der Waals surface area contributed by atoms with E-state index < -0.39 is 0 Å². The van der Waals surface area contributed by atoms with Crippen molar-refractivity contribution in [3.8, 4) is 11.5 Å². The van der Waals surface area contributed by atoms with Crippen molar-refractivity contribution in [2.75, 3.05) is 14.2 Å². The molecule has 0 saturated heterocycles. The van der Waals surface area contributed by atoms with Gasteiger partial charge in [-0.1, -0.05) is 48.0 Å². The van der Waals surface area contributed by atoms with Crippen LogP contribution in [0.15, 0.2) is 71.8 Å². The van der Waals surface area contributed by atoms with E-state index in [1.807, 2.05) is 49.4 Å². The highest BCUT2D eigenvalue weighted by Crippen LogP contribution is 2.27. The number of fused-ring (bicyclic) bond motifs is 1. The molecule has 0 aliphatic heterocycles. The van der Waals surface area contributed by atoms with Crippen LogP contribution in [0, 0.1) is 6.92 Å². The number of aromatic nitrogens is 1. The van der Waals surface area contributed by atoms with E-state index >= 15 is 0 Å². The summed E-state index contributed by atoms with van der Waals surface area (Å²) >= 11 is 6.40. The van der Waals surface area contributed by atoms with E-state index in [4.69, 9.17) is 21.1 Å². The molecule has 0 aliphatic rings. The first kappa shape index (κ1) is 22.4. The van der Waals surface area contributed by atoms with Gasteiger partial charge in [-0.05, 0) is 36.8 Å². The second-order valence-electron chi connectivity index (χ2n) is 7.49. The number of rotatable bonds is 7. The molecule has 3 aromatic carbocycles. The zero-order chi connectivity index (χ0) is 23.4. The lowest BCUT2D eigenvalue weighted by Crippen LogP contribution is -2.17. The molecule has 1 aromatic heterocycles. The number of carbonyl (C=O) groups is 1. The van der Waals surface area contributed by atoms with E-state index in [0.717, 1.165) is 32.7 Å². The number of nitrogens with one attached hydrogen (secondary N) is 1. The Labute approximate surface area is 197 Å². The molecule has 6 nitrogen and oxygen atoms in total. The van der Waals surface area contributed by atoms with Gasteiger partial charge in [0, 0.05) is 45.4 Å². The van der Waals surface area contributed by atoms with Gasteiger partial charge in [0.25, 0.3) is 5.91 Å². The van der Waals surface area contributed by atoms with Gasteiger partial charge in [-0.3, -0.25) is 4.79 Å². The van der Waals surface area contributed by atoms with Crippen molar-refractivity contribution in [2.45, 2.75) is 13.5 Å². The number of carbonyl (C=O) groups excluding carboxylic acids is 1. The van der Waals surface area contributed by atoms with E-state index in [1.165, 1.54) is 14.2 Å². The maximum atomic E-state index is 12.6. The Bertz CT molecular complexity index is 1320. The van der Waals surface area contributed by atoms with Crippen LogP contribution in [-0.2, 0) is 6.54 Å². The third-order valence-corrected chi connectivity index (χ3v) is 5.91. The predicted molar refractivity (Wildman–Crippen MR) is 132 cm³/mol. The van der Waals surface area contributed by atoms with Gasteiger partial charge in [0.05, 0.1) is 20.4 Å². The van der Waals surface area contributed by atoms with Crippen LogP contribution in [-0.4, -0.2) is 30.9 Å². The molecule has 0 spiro atoms. The van der Waals surface area contributed by atoms with Crippen LogP contribution in [0.4, 0.5) is 0 Å². The maximum absolute atomic E-state index is 12.6. The molecule has 4 rings (SSSR count). The number of ether oxygens (including phenoxy) is 2. The SMILES string of the molecule is COc1cc(OC)cc(C(=O)N/N=C\c2c(C)n(Cc3ccccc3Cl)c3ccccc23)c1. The van der Waals surface area contributed by atoms with Crippen molar-refractivity contribution < 1.29 is 14.3 Å². The summed E-state index contributed by atoms with van der Waals surface area (Å²) in [6, 6.07) is 20.9. The van der Waals surface area contributed by atoms with Gasteiger partial charge in [0.1, 0.15) is 11.5 Å². The van der Waals surface area contributed by atoms with Crippen LogP contribution in [0.3, 0.4) is 0 Å². The fourth-order valence-corrected chi connectivity index (χ4v) is 3.98. The van der Waals surface area contributed by atoms with Crippen molar-refractivity contribution in [3.63, 3.8) is 0 Å². The number of hydrazone groups is 1. The first-order valence-electron chi connectivity index (χ1n) is 10.4. The quantitative estimate of drug-likeness (QED) is 0.294. The standard InChI is InChI=1S/C26H24ClN3O3/c1-17-23(15-28-29-26(31)19-12-20(32-2)14-21(13-19)33-3)22-9-5-7-11-25(22)30(17)16-18-8-4-6-10-24(18)27/h4-15H,16H2,1-3H3,(H,29,31)/b28-15-. The second kappa shape index (κ2) is 9.79. The topological polar surface area (TPSA) is 64.8 Å². The third kappa shape index (κ3) is 4.71. The predicted octanol–water partition coefficient (Wildman–Crippen LogP) is 5.43. The minimum atomic E-state index is -0.360. The molecule has 0 bridgehead atoms. The van der Waals surface area contributed by atoms with Gasteiger partial charge in [-0.25, -0.2) is 5.43 Å². The Morgan fingerprint density at radius 3 is 2.39 bits per heavy atom. The van der Waals surface area contributed by atoms with E-state index in [-0.39, 0.29) is 5.91 Å². The van der Waals surface area contributed by atoms with Crippen LogP contribution in [0.25, 0.3) is 10.9 Å². The molecule has 7 heteroatoms. The van der Waals surface area contributed by atoms with Crippen molar-refractivity contribution in [3.05, 3.63) is 94.1 Å². The van der Waals surface area contributed by atoms with E-state index in [1.54, 1.807) is 24.4 Å². The lowest BCUT2D eigenvalue weighted by molar-refractivity contribution is 0.0954. The fourth-order valence-electron chi connectivity index (χ4n) is 3.78. The molecule has 0 fully saturated rings.